The molecule has 0 aliphatic carbocycles. The highest BCUT2D eigenvalue weighted by molar-refractivity contribution is 6.00. The third kappa shape index (κ3) is 6.27. The molecule has 2 N–H and O–H groups in total. The van der Waals surface area contributed by atoms with Crippen LogP contribution in [0, 0.1) is 0 Å². The van der Waals surface area contributed by atoms with E-state index in [1.807, 2.05) is 39.8 Å². The summed E-state index contributed by atoms with van der Waals surface area (Å²) >= 11 is 0. The summed E-state index contributed by atoms with van der Waals surface area (Å²) in [5.41, 5.74) is 10.0. The van der Waals surface area contributed by atoms with Crippen LogP contribution in [0.2, 0.25) is 0 Å². The van der Waals surface area contributed by atoms with Gasteiger partial charge in [0.05, 0.1) is 12.7 Å². The van der Waals surface area contributed by atoms with Crippen LogP contribution >= 0.6 is 0 Å². The maximum atomic E-state index is 12.4. The van der Waals surface area contributed by atoms with E-state index in [-0.39, 0.29) is 5.78 Å². The molecule has 0 heterocycles. The monoisotopic (exact) mass is 318 g/mol. The van der Waals surface area contributed by atoms with Gasteiger partial charge in [0, 0.05) is 24.9 Å². The van der Waals surface area contributed by atoms with E-state index in [4.69, 9.17) is 10.5 Å². The van der Waals surface area contributed by atoms with Crippen molar-refractivity contribution in [3.63, 3.8) is 0 Å². The molecule has 0 aromatic heterocycles. The van der Waals surface area contributed by atoms with E-state index >= 15 is 0 Å². The molecule has 0 radical (unpaired) electrons. The molecule has 0 amide bonds. The second kappa shape index (κ2) is 10.6. The quantitative estimate of drug-likeness (QED) is 0.317. The number of nitrogens with zero attached hydrogens (tertiary/aromatic N) is 1. The maximum Gasteiger partial charge on any atom is 0.166 e. The number of hydrogen-bond acceptors (Lipinski definition) is 4. The predicted octanol–water partition coefficient (Wildman–Crippen LogP) is 4.10. The van der Waals surface area contributed by atoms with Gasteiger partial charge < -0.3 is 10.5 Å². The van der Waals surface area contributed by atoms with Crippen LogP contribution in [0.3, 0.4) is 0 Å². The second-order valence-corrected chi connectivity index (χ2v) is 5.29. The Bertz CT molecular complexity index is 576. The fourth-order valence-corrected chi connectivity index (χ4v) is 1.98. The number of aliphatic imine (C=N–C) groups is 1. The molecular formula is C19H30N2O2. The van der Waals surface area contributed by atoms with Gasteiger partial charge in [-0.3, -0.25) is 9.79 Å². The summed E-state index contributed by atoms with van der Waals surface area (Å²) in [6.07, 6.45) is 6.86. The summed E-state index contributed by atoms with van der Waals surface area (Å²) in [4.78, 5) is 16.5. The van der Waals surface area contributed by atoms with Crippen LogP contribution in [-0.2, 0) is 9.53 Å². The van der Waals surface area contributed by atoms with Gasteiger partial charge in [0.1, 0.15) is 5.76 Å². The Balaban J connectivity index is 6.20. The molecule has 4 heteroatoms. The van der Waals surface area contributed by atoms with E-state index in [2.05, 4.69) is 4.99 Å². The van der Waals surface area contributed by atoms with Gasteiger partial charge in [-0.2, -0.15) is 0 Å². The molecule has 0 atom stereocenters. The molecule has 23 heavy (non-hydrogen) atoms. The molecule has 0 saturated heterocycles. The second-order valence-electron chi connectivity index (χ2n) is 5.29. The Morgan fingerprint density at radius 1 is 1.26 bits per heavy atom. The highest BCUT2D eigenvalue weighted by Gasteiger charge is 2.13. The first-order chi connectivity index (χ1) is 10.8. The van der Waals surface area contributed by atoms with Gasteiger partial charge >= 0.3 is 0 Å². The molecule has 0 aliphatic rings. The number of hydrogen-bond donors (Lipinski definition) is 1. The SMILES string of the molecule is C\C=C/C(=C\C(C(=O)CCC)=C(/C)OC)C(N)=C(C)C(C)=NC. The lowest BCUT2D eigenvalue weighted by atomic mass is 9.98. The minimum absolute atomic E-state index is 0.0557. The van der Waals surface area contributed by atoms with Crippen LogP contribution in [0.4, 0.5) is 0 Å². The van der Waals surface area contributed by atoms with E-state index < -0.39 is 0 Å². The minimum Gasteiger partial charge on any atom is -0.501 e. The molecule has 0 rings (SSSR count). The summed E-state index contributed by atoms with van der Waals surface area (Å²) in [6, 6.07) is 0. The van der Waals surface area contributed by atoms with Crippen LogP contribution in [0.1, 0.15) is 47.5 Å². The number of Topliss-reactive ketones (excluding diaryl/α,β-unsaturated/α-hetero) is 1. The van der Waals surface area contributed by atoms with E-state index in [9.17, 15) is 4.79 Å². The number of ketones is 1. The topological polar surface area (TPSA) is 64.7 Å². The van der Waals surface area contributed by atoms with Crippen molar-refractivity contribution in [1.82, 2.24) is 0 Å². The van der Waals surface area contributed by atoms with Crippen LogP contribution in [0.15, 0.2) is 51.4 Å². The first-order valence-electron chi connectivity index (χ1n) is 7.86. The van der Waals surface area contributed by atoms with Gasteiger partial charge in [0.25, 0.3) is 0 Å². The summed E-state index contributed by atoms with van der Waals surface area (Å²) in [5, 5.41) is 0. The highest BCUT2D eigenvalue weighted by atomic mass is 16.5. The van der Waals surface area contributed by atoms with Crippen molar-refractivity contribution in [2.24, 2.45) is 10.7 Å². The number of ether oxygens (including phenoxy) is 1. The molecular weight excluding hydrogens is 288 g/mol. The van der Waals surface area contributed by atoms with Crippen molar-refractivity contribution in [2.45, 2.75) is 47.5 Å². The standard InChI is InChI=1S/C19H30N2O2/c1-8-10-16(19(20)13(3)14(4)21-6)12-17(15(5)23-7)18(22)11-9-2/h8,10,12H,9,11,20H2,1-7H3/b10-8-,16-12+,17-15-,19-13?,21-14?. The first-order valence-corrected chi connectivity index (χ1v) is 7.86. The fraction of sp³-hybridized carbons (Fsp3) is 0.474. The lowest BCUT2D eigenvalue weighted by Gasteiger charge is -2.12. The number of methoxy groups -OCH3 is 1. The summed E-state index contributed by atoms with van der Waals surface area (Å²) in [6.45, 7) is 9.52. The molecule has 128 valence electrons. The van der Waals surface area contributed by atoms with Crippen molar-refractivity contribution in [1.29, 1.82) is 0 Å². The van der Waals surface area contributed by atoms with E-state index in [0.29, 0.717) is 23.5 Å². The van der Waals surface area contributed by atoms with Gasteiger partial charge in [0.2, 0.25) is 0 Å². The molecule has 0 aromatic carbocycles. The Labute approximate surface area is 140 Å². The molecule has 0 spiro atoms. The van der Waals surface area contributed by atoms with Crippen LogP contribution in [-0.4, -0.2) is 25.7 Å². The average molecular weight is 318 g/mol. The average Bonchev–Trinajstić information content (AvgIpc) is 2.55. The van der Waals surface area contributed by atoms with Crippen LogP contribution in [0.25, 0.3) is 0 Å². The Morgan fingerprint density at radius 3 is 2.30 bits per heavy atom. The number of rotatable bonds is 8. The summed E-state index contributed by atoms with van der Waals surface area (Å²) in [7, 11) is 3.30. The molecule has 0 bridgehead atoms. The van der Waals surface area contributed by atoms with Crippen molar-refractivity contribution < 1.29 is 9.53 Å². The largest absolute Gasteiger partial charge is 0.501 e. The molecule has 0 saturated carbocycles. The fourth-order valence-electron chi connectivity index (χ4n) is 1.98. The normalized spacial score (nSPS) is 15.4. The van der Waals surface area contributed by atoms with Crippen molar-refractivity contribution in [3.05, 3.63) is 46.4 Å². The number of nitrogens with two attached hydrogens (primary N) is 1. The highest BCUT2D eigenvalue weighted by Crippen LogP contribution is 2.19. The Hall–Kier alpha value is -2.10. The van der Waals surface area contributed by atoms with E-state index in [1.54, 1.807) is 27.2 Å². The molecule has 0 aromatic rings. The van der Waals surface area contributed by atoms with Gasteiger partial charge in [-0.25, -0.2) is 0 Å². The number of carbonyl (C=O) groups excluding carboxylic acids is 1. The Kier molecular flexibility index (Phi) is 9.63. The van der Waals surface area contributed by atoms with E-state index in [0.717, 1.165) is 23.3 Å². The molecule has 0 unspecified atom stereocenters. The number of allylic oxidation sites excluding steroid dienone is 6. The maximum absolute atomic E-state index is 12.4. The lowest BCUT2D eigenvalue weighted by molar-refractivity contribution is -0.115. The minimum atomic E-state index is 0.0557. The molecule has 0 aliphatic heterocycles. The van der Waals surface area contributed by atoms with Gasteiger partial charge in [0.15, 0.2) is 5.78 Å². The third-order valence-electron chi connectivity index (χ3n) is 3.70. The molecule has 4 nitrogen and oxygen atoms in total. The third-order valence-corrected chi connectivity index (χ3v) is 3.70. The van der Waals surface area contributed by atoms with Gasteiger partial charge in [-0.1, -0.05) is 19.1 Å². The lowest BCUT2D eigenvalue weighted by Crippen LogP contribution is -2.10. The van der Waals surface area contributed by atoms with Crippen molar-refractivity contribution in [2.75, 3.05) is 14.2 Å². The van der Waals surface area contributed by atoms with Gasteiger partial charge in [-0.15, -0.1) is 0 Å². The van der Waals surface area contributed by atoms with Gasteiger partial charge in [-0.05, 0) is 51.3 Å². The zero-order chi connectivity index (χ0) is 18.0. The van der Waals surface area contributed by atoms with Crippen LogP contribution < -0.4 is 5.73 Å². The van der Waals surface area contributed by atoms with E-state index in [1.165, 1.54) is 0 Å². The summed E-state index contributed by atoms with van der Waals surface area (Å²) in [5.74, 6) is 0.650. The first kappa shape index (κ1) is 20.9. The molecule has 0 fully saturated rings. The summed E-state index contributed by atoms with van der Waals surface area (Å²) < 4.78 is 5.28. The number of carbonyl (C=O) groups is 1. The Morgan fingerprint density at radius 2 is 1.87 bits per heavy atom. The van der Waals surface area contributed by atoms with Crippen molar-refractivity contribution >= 4 is 11.5 Å². The van der Waals surface area contributed by atoms with Crippen LogP contribution in [0.5, 0.6) is 0 Å². The smallest absolute Gasteiger partial charge is 0.166 e. The zero-order valence-corrected chi connectivity index (χ0v) is 15.5. The van der Waals surface area contributed by atoms with Crippen molar-refractivity contribution in [3.8, 4) is 0 Å². The predicted molar refractivity (Wildman–Crippen MR) is 98.4 cm³/mol. The zero-order valence-electron chi connectivity index (χ0n) is 15.5.